The van der Waals surface area contributed by atoms with Crippen molar-refractivity contribution in [3.63, 3.8) is 0 Å². The van der Waals surface area contributed by atoms with Crippen molar-refractivity contribution in [2.75, 3.05) is 26.2 Å². The van der Waals surface area contributed by atoms with E-state index in [1.54, 1.807) is 11.3 Å². The molecule has 0 radical (unpaired) electrons. The molecule has 1 saturated carbocycles. The first kappa shape index (κ1) is 21.0. The quantitative estimate of drug-likeness (QED) is 0.771. The maximum atomic E-state index is 12.8. The molecule has 1 aromatic heterocycles. The molecule has 7 heteroatoms. The summed E-state index contributed by atoms with van der Waals surface area (Å²) >= 11 is 1.67. The summed E-state index contributed by atoms with van der Waals surface area (Å²) in [5.41, 5.74) is 2.23. The van der Waals surface area contributed by atoms with Crippen LogP contribution >= 0.6 is 11.3 Å². The molecule has 4 rings (SSSR count). The van der Waals surface area contributed by atoms with E-state index in [2.05, 4.69) is 27.7 Å². The van der Waals surface area contributed by atoms with Gasteiger partial charge in [-0.25, -0.2) is 4.98 Å². The number of hydrogen-bond acceptors (Lipinski definition) is 5. The van der Waals surface area contributed by atoms with Crippen LogP contribution in [0.25, 0.3) is 10.6 Å². The van der Waals surface area contributed by atoms with Crippen LogP contribution in [0.15, 0.2) is 35.7 Å². The van der Waals surface area contributed by atoms with Crippen molar-refractivity contribution in [3.05, 3.63) is 41.4 Å². The van der Waals surface area contributed by atoms with Gasteiger partial charge in [-0.1, -0.05) is 43.2 Å². The van der Waals surface area contributed by atoms with Gasteiger partial charge in [0.2, 0.25) is 11.8 Å². The highest BCUT2D eigenvalue weighted by atomic mass is 32.1. The summed E-state index contributed by atoms with van der Waals surface area (Å²) in [6.07, 6.45) is 4.14. The fraction of sp³-hybridized carbons (Fsp3) is 0.522. The van der Waals surface area contributed by atoms with Gasteiger partial charge in [-0.15, -0.1) is 11.3 Å². The van der Waals surface area contributed by atoms with Crippen LogP contribution in [0.2, 0.25) is 0 Å². The molecule has 1 saturated heterocycles. The van der Waals surface area contributed by atoms with E-state index < -0.39 is 6.04 Å². The fourth-order valence-corrected chi connectivity index (χ4v) is 5.12. The number of amides is 2. The molecule has 2 fully saturated rings. The Bertz CT molecular complexity index is 855. The zero-order valence-electron chi connectivity index (χ0n) is 17.5. The van der Waals surface area contributed by atoms with E-state index >= 15 is 0 Å². The van der Waals surface area contributed by atoms with Gasteiger partial charge in [0.1, 0.15) is 11.0 Å². The fourth-order valence-electron chi connectivity index (χ4n) is 4.30. The van der Waals surface area contributed by atoms with E-state index in [-0.39, 0.29) is 17.7 Å². The number of thiazole rings is 1. The molecule has 1 atom stereocenters. The molecule has 1 unspecified atom stereocenters. The van der Waals surface area contributed by atoms with E-state index in [1.807, 2.05) is 30.0 Å². The number of piperazine rings is 1. The lowest BCUT2D eigenvalue weighted by Gasteiger charge is -2.35. The molecule has 1 aliphatic heterocycles. The lowest BCUT2D eigenvalue weighted by Crippen LogP contribution is -2.54. The zero-order chi connectivity index (χ0) is 20.9. The third-order valence-corrected chi connectivity index (χ3v) is 7.04. The summed E-state index contributed by atoms with van der Waals surface area (Å²) in [4.78, 5) is 34.1. The summed E-state index contributed by atoms with van der Waals surface area (Å²) in [6.45, 7) is 5.65. The van der Waals surface area contributed by atoms with Gasteiger partial charge in [0.05, 0.1) is 5.69 Å². The van der Waals surface area contributed by atoms with Gasteiger partial charge in [0, 0.05) is 49.6 Å². The number of benzene rings is 1. The molecule has 1 aromatic carbocycles. The van der Waals surface area contributed by atoms with Crippen LogP contribution in [0.3, 0.4) is 0 Å². The van der Waals surface area contributed by atoms with Gasteiger partial charge in [-0.05, 0) is 19.8 Å². The summed E-state index contributed by atoms with van der Waals surface area (Å²) in [6, 6.07) is 9.80. The Hall–Kier alpha value is -2.25. The van der Waals surface area contributed by atoms with Gasteiger partial charge in [-0.3, -0.25) is 14.5 Å². The second-order valence-electron chi connectivity index (χ2n) is 8.32. The number of aromatic nitrogens is 1. The molecule has 160 valence electrons. The molecule has 30 heavy (non-hydrogen) atoms. The van der Waals surface area contributed by atoms with E-state index in [4.69, 9.17) is 4.98 Å². The van der Waals surface area contributed by atoms with Crippen LogP contribution in [0, 0.1) is 5.92 Å². The average Bonchev–Trinajstić information content (AvgIpc) is 3.47. The monoisotopic (exact) mass is 426 g/mol. The number of carbonyl (C=O) groups excluding carboxylic acids is 2. The van der Waals surface area contributed by atoms with Gasteiger partial charge in [-0.2, -0.15) is 0 Å². The topological polar surface area (TPSA) is 65.5 Å². The Morgan fingerprint density at radius 3 is 2.53 bits per heavy atom. The number of rotatable bonds is 6. The van der Waals surface area contributed by atoms with Gasteiger partial charge < -0.3 is 10.2 Å². The molecule has 2 amide bonds. The zero-order valence-corrected chi connectivity index (χ0v) is 18.4. The predicted molar refractivity (Wildman–Crippen MR) is 119 cm³/mol. The molecule has 1 N–H and O–H groups in total. The lowest BCUT2D eigenvalue weighted by atomic mass is 10.1. The van der Waals surface area contributed by atoms with Crippen LogP contribution in [0.4, 0.5) is 0 Å². The second kappa shape index (κ2) is 9.71. The lowest BCUT2D eigenvalue weighted by molar-refractivity contribution is -0.138. The largest absolute Gasteiger partial charge is 0.344 e. The molecular weight excluding hydrogens is 396 g/mol. The number of carbonyl (C=O) groups is 2. The smallest absolute Gasteiger partial charge is 0.244 e. The maximum absolute atomic E-state index is 12.8. The van der Waals surface area contributed by atoms with Crippen LogP contribution in [0.5, 0.6) is 0 Å². The highest BCUT2D eigenvalue weighted by Crippen LogP contribution is 2.25. The first-order chi connectivity index (χ1) is 14.6. The molecule has 6 nitrogen and oxygen atoms in total. The van der Waals surface area contributed by atoms with E-state index in [1.165, 1.54) is 0 Å². The highest BCUT2D eigenvalue weighted by molar-refractivity contribution is 7.13. The maximum Gasteiger partial charge on any atom is 0.244 e. The summed E-state index contributed by atoms with van der Waals surface area (Å²) in [5, 5.41) is 6.11. The third kappa shape index (κ3) is 5.08. The van der Waals surface area contributed by atoms with Gasteiger partial charge >= 0.3 is 0 Å². The van der Waals surface area contributed by atoms with Crippen molar-refractivity contribution in [2.45, 2.75) is 45.2 Å². The summed E-state index contributed by atoms with van der Waals surface area (Å²) < 4.78 is 0. The second-order valence-corrected chi connectivity index (χ2v) is 9.18. The van der Waals surface area contributed by atoms with Crippen molar-refractivity contribution in [1.29, 1.82) is 0 Å². The predicted octanol–water partition coefficient (Wildman–Crippen LogP) is 3.15. The minimum atomic E-state index is -0.448. The Morgan fingerprint density at radius 1 is 1.13 bits per heavy atom. The molecular formula is C23H30N4O2S. The van der Waals surface area contributed by atoms with Crippen LogP contribution < -0.4 is 5.32 Å². The average molecular weight is 427 g/mol. The molecule has 2 aromatic rings. The summed E-state index contributed by atoms with van der Waals surface area (Å²) in [7, 11) is 0. The van der Waals surface area contributed by atoms with E-state index in [0.717, 1.165) is 61.6 Å². The normalized spacial score (nSPS) is 19.0. The van der Waals surface area contributed by atoms with Gasteiger partial charge in [0.25, 0.3) is 0 Å². The van der Waals surface area contributed by atoms with E-state index in [0.29, 0.717) is 13.1 Å². The Kier molecular flexibility index (Phi) is 6.79. The van der Waals surface area contributed by atoms with Crippen molar-refractivity contribution in [2.24, 2.45) is 5.92 Å². The SMILES string of the molecule is CC(NC(=O)C1CCCC1)C(=O)N1CCN(Cc2csc(-c3ccccc3)n2)CC1. The van der Waals surface area contributed by atoms with Gasteiger partial charge in [0.15, 0.2) is 0 Å². The first-order valence-electron chi connectivity index (χ1n) is 10.9. The minimum absolute atomic E-state index is 0.0287. The third-order valence-electron chi connectivity index (χ3n) is 6.10. The first-order valence-corrected chi connectivity index (χ1v) is 11.8. The van der Waals surface area contributed by atoms with Crippen molar-refractivity contribution < 1.29 is 9.59 Å². The Balaban J connectivity index is 1.24. The van der Waals surface area contributed by atoms with E-state index in [9.17, 15) is 9.59 Å². The highest BCUT2D eigenvalue weighted by Gasteiger charge is 2.29. The molecule has 0 bridgehead atoms. The number of hydrogen-bond donors (Lipinski definition) is 1. The molecule has 2 heterocycles. The minimum Gasteiger partial charge on any atom is -0.344 e. The summed E-state index contributed by atoms with van der Waals surface area (Å²) in [5.74, 6) is 0.168. The Morgan fingerprint density at radius 2 is 1.83 bits per heavy atom. The Labute approximate surface area is 182 Å². The van der Waals surface area contributed by atoms with Crippen LogP contribution in [0.1, 0.15) is 38.3 Å². The van der Waals surface area contributed by atoms with Crippen molar-refractivity contribution in [1.82, 2.24) is 20.1 Å². The molecule has 0 spiro atoms. The molecule has 1 aliphatic carbocycles. The van der Waals surface area contributed by atoms with Crippen LogP contribution in [-0.2, 0) is 16.1 Å². The molecule has 2 aliphatic rings. The van der Waals surface area contributed by atoms with Crippen molar-refractivity contribution in [3.8, 4) is 10.6 Å². The number of nitrogens with zero attached hydrogens (tertiary/aromatic N) is 3. The number of nitrogens with one attached hydrogen (secondary N) is 1. The van der Waals surface area contributed by atoms with Crippen LogP contribution in [-0.4, -0.2) is 58.8 Å². The standard InChI is InChI=1S/C23H30N4O2S/c1-17(24-21(28)18-7-5-6-8-18)23(29)27-13-11-26(12-14-27)15-20-16-30-22(25-20)19-9-3-2-4-10-19/h2-4,9-10,16-18H,5-8,11-15H2,1H3,(H,24,28). The van der Waals surface area contributed by atoms with Crippen molar-refractivity contribution >= 4 is 23.2 Å².